The number of carbonyl (C=O) groups excluding carboxylic acids is 1. The second kappa shape index (κ2) is 4.22. The molecule has 3 nitrogen and oxygen atoms in total. The Morgan fingerprint density at radius 1 is 1.21 bits per heavy atom. The summed E-state index contributed by atoms with van der Waals surface area (Å²) in [5.74, 6) is -0.788. The van der Waals surface area contributed by atoms with Crippen LogP contribution in [-0.2, 0) is 9.59 Å². The first kappa shape index (κ1) is 10.7. The molecule has 0 fully saturated rings. The summed E-state index contributed by atoms with van der Waals surface area (Å²) < 4.78 is 0. The maximum absolute atomic E-state index is 11.5. The molecule has 3 heteroatoms. The number of aliphatic carboxylic acids is 1. The fraction of sp³-hybridized carbons (Fsp3) is 0.455. The van der Waals surface area contributed by atoms with Gasteiger partial charge in [0.15, 0.2) is 5.78 Å². The van der Waals surface area contributed by atoms with Crippen LogP contribution in [0.15, 0.2) is 23.3 Å². The van der Waals surface area contributed by atoms with E-state index in [9.17, 15) is 9.59 Å². The number of Topliss-reactive ketones (excluding diaryl/α,β-unsaturated/α-hetero) is 1. The Labute approximate surface area is 83.1 Å². The van der Waals surface area contributed by atoms with E-state index in [4.69, 9.17) is 5.11 Å². The van der Waals surface area contributed by atoms with Gasteiger partial charge >= 0.3 is 5.97 Å². The van der Waals surface area contributed by atoms with Gasteiger partial charge in [-0.3, -0.25) is 4.79 Å². The minimum absolute atomic E-state index is 0.0129. The molecule has 0 aromatic rings. The topological polar surface area (TPSA) is 54.4 Å². The molecule has 14 heavy (non-hydrogen) atoms. The van der Waals surface area contributed by atoms with Gasteiger partial charge in [0.05, 0.1) is 0 Å². The van der Waals surface area contributed by atoms with Crippen molar-refractivity contribution in [3.05, 3.63) is 23.3 Å². The number of carbonyl (C=O) groups is 2. The van der Waals surface area contributed by atoms with E-state index >= 15 is 0 Å². The van der Waals surface area contributed by atoms with Crippen LogP contribution in [0.1, 0.15) is 26.7 Å². The third kappa shape index (κ3) is 2.31. The summed E-state index contributed by atoms with van der Waals surface area (Å²) in [6.07, 6.45) is 4.17. The van der Waals surface area contributed by atoms with Crippen molar-refractivity contribution in [2.45, 2.75) is 26.7 Å². The minimum atomic E-state index is -0.891. The summed E-state index contributed by atoms with van der Waals surface area (Å²) in [6, 6.07) is 0. The van der Waals surface area contributed by atoms with Gasteiger partial charge in [0.2, 0.25) is 0 Å². The molecule has 0 heterocycles. The van der Waals surface area contributed by atoms with E-state index in [1.807, 2.05) is 13.8 Å². The van der Waals surface area contributed by atoms with Gasteiger partial charge in [0.1, 0.15) is 0 Å². The monoisotopic (exact) mass is 194 g/mol. The van der Waals surface area contributed by atoms with E-state index in [0.29, 0.717) is 18.4 Å². The van der Waals surface area contributed by atoms with Gasteiger partial charge in [-0.1, -0.05) is 26.0 Å². The van der Waals surface area contributed by atoms with Crippen LogP contribution in [0.2, 0.25) is 0 Å². The third-order valence-corrected chi connectivity index (χ3v) is 2.26. The van der Waals surface area contributed by atoms with Crippen molar-refractivity contribution in [2.75, 3.05) is 0 Å². The highest BCUT2D eigenvalue weighted by Crippen LogP contribution is 2.21. The zero-order valence-electron chi connectivity index (χ0n) is 8.41. The molecule has 76 valence electrons. The minimum Gasteiger partial charge on any atom is -0.478 e. The highest BCUT2D eigenvalue weighted by atomic mass is 16.4. The number of carboxylic acid groups (broad SMARTS) is 1. The van der Waals surface area contributed by atoms with Crippen LogP contribution in [0.3, 0.4) is 0 Å². The molecule has 0 saturated heterocycles. The lowest BCUT2D eigenvalue weighted by molar-refractivity contribution is -0.133. The Hall–Kier alpha value is -1.38. The predicted molar refractivity (Wildman–Crippen MR) is 52.9 cm³/mol. The van der Waals surface area contributed by atoms with E-state index in [1.165, 1.54) is 6.08 Å². The molecule has 0 spiro atoms. The average molecular weight is 194 g/mol. The quantitative estimate of drug-likeness (QED) is 0.747. The van der Waals surface area contributed by atoms with Gasteiger partial charge in [-0.05, 0) is 18.4 Å². The Kier molecular flexibility index (Phi) is 3.23. The highest BCUT2D eigenvalue weighted by molar-refractivity contribution is 5.98. The molecule has 1 aliphatic rings. The molecule has 0 aromatic heterocycles. The van der Waals surface area contributed by atoms with Gasteiger partial charge in [-0.15, -0.1) is 0 Å². The Morgan fingerprint density at radius 2 is 1.71 bits per heavy atom. The maximum atomic E-state index is 11.5. The van der Waals surface area contributed by atoms with Crippen molar-refractivity contribution in [1.82, 2.24) is 0 Å². The number of hydrogen-bond donors (Lipinski definition) is 1. The third-order valence-electron chi connectivity index (χ3n) is 2.26. The van der Waals surface area contributed by atoms with Crippen molar-refractivity contribution < 1.29 is 14.7 Å². The number of hydrogen-bond acceptors (Lipinski definition) is 2. The van der Waals surface area contributed by atoms with E-state index in [-0.39, 0.29) is 11.7 Å². The zero-order valence-corrected chi connectivity index (χ0v) is 8.41. The molecule has 0 amide bonds. The molecular formula is C11H14O3. The highest BCUT2D eigenvalue weighted by Gasteiger charge is 2.18. The molecule has 0 bridgehead atoms. The molecule has 1 N–H and O–H groups in total. The summed E-state index contributed by atoms with van der Waals surface area (Å²) in [7, 11) is 0. The first-order chi connectivity index (χ1) is 6.52. The lowest BCUT2D eigenvalue weighted by atomic mass is 9.91. The Balaban J connectivity index is 2.78. The molecular weight excluding hydrogens is 180 g/mol. The molecule has 1 aliphatic carbocycles. The summed E-state index contributed by atoms with van der Waals surface area (Å²) in [6.45, 7) is 3.69. The maximum Gasteiger partial charge on any atom is 0.331 e. The van der Waals surface area contributed by atoms with E-state index < -0.39 is 5.97 Å². The van der Waals surface area contributed by atoms with Gasteiger partial charge in [-0.2, -0.15) is 0 Å². The average Bonchev–Trinajstić information content (AvgIpc) is 2.16. The van der Waals surface area contributed by atoms with Crippen LogP contribution in [0.25, 0.3) is 0 Å². The molecule has 0 atom stereocenters. The number of rotatable bonds is 3. The van der Waals surface area contributed by atoms with Crippen molar-refractivity contribution in [2.24, 2.45) is 5.92 Å². The SMILES string of the molecule is CC(C)C(=O)C1=CC=C(C(=O)O)CC1. The zero-order chi connectivity index (χ0) is 10.7. The van der Waals surface area contributed by atoms with Gasteiger partial charge in [-0.25, -0.2) is 4.79 Å². The van der Waals surface area contributed by atoms with E-state index in [1.54, 1.807) is 6.08 Å². The Morgan fingerprint density at radius 3 is 2.07 bits per heavy atom. The summed E-state index contributed by atoms with van der Waals surface area (Å²) in [4.78, 5) is 22.1. The second-order valence-corrected chi connectivity index (χ2v) is 3.71. The largest absolute Gasteiger partial charge is 0.478 e. The van der Waals surface area contributed by atoms with Crippen LogP contribution < -0.4 is 0 Å². The second-order valence-electron chi connectivity index (χ2n) is 3.71. The molecule has 0 aromatic carbocycles. The van der Waals surface area contributed by atoms with Crippen LogP contribution in [-0.4, -0.2) is 16.9 Å². The standard InChI is InChI=1S/C11H14O3/c1-7(2)10(12)8-3-5-9(6-4-8)11(13)14/h3,5,7H,4,6H2,1-2H3,(H,13,14). The lowest BCUT2D eigenvalue weighted by Crippen LogP contribution is -2.13. The summed E-state index contributed by atoms with van der Waals surface area (Å²) in [5.41, 5.74) is 1.12. The molecule has 0 saturated carbocycles. The van der Waals surface area contributed by atoms with Gasteiger partial charge in [0.25, 0.3) is 0 Å². The molecule has 1 rings (SSSR count). The van der Waals surface area contributed by atoms with E-state index in [2.05, 4.69) is 0 Å². The predicted octanol–water partition coefficient (Wildman–Crippen LogP) is 1.94. The smallest absolute Gasteiger partial charge is 0.331 e. The van der Waals surface area contributed by atoms with Crippen molar-refractivity contribution in [3.8, 4) is 0 Å². The first-order valence-electron chi connectivity index (χ1n) is 4.69. The molecule has 0 radical (unpaired) electrons. The molecule has 0 unspecified atom stereocenters. The fourth-order valence-corrected chi connectivity index (χ4v) is 1.39. The van der Waals surface area contributed by atoms with Crippen molar-refractivity contribution in [1.29, 1.82) is 0 Å². The van der Waals surface area contributed by atoms with Gasteiger partial charge < -0.3 is 5.11 Å². The number of allylic oxidation sites excluding steroid dienone is 3. The van der Waals surface area contributed by atoms with E-state index in [0.717, 1.165) is 5.57 Å². The van der Waals surface area contributed by atoms with Crippen molar-refractivity contribution >= 4 is 11.8 Å². The summed E-state index contributed by atoms with van der Waals surface area (Å²) in [5, 5.41) is 8.69. The van der Waals surface area contributed by atoms with Crippen LogP contribution in [0, 0.1) is 5.92 Å². The molecule has 0 aliphatic heterocycles. The number of ketones is 1. The Bertz CT molecular complexity index is 321. The van der Waals surface area contributed by atoms with Crippen LogP contribution in [0.5, 0.6) is 0 Å². The lowest BCUT2D eigenvalue weighted by Gasteiger charge is -2.12. The summed E-state index contributed by atoms with van der Waals surface area (Å²) >= 11 is 0. The van der Waals surface area contributed by atoms with Gasteiger partial charge in [0, 0.05) is 11.5 Å². The first-order valence-corrected chi connectivity index (χ1v) is 4.69. The normalized spacial score (nSPS) is 16.2. The van der Waals surface area contributed by atoms with Crippen LogP contribution in [0.4, 0.5) is 0 Å². The van der Waals surface area contributed by atoms with Crippen LogP contribution >= 0.6 is 0 Å². The number of carboxylic acids is 1. The fourth-order valence-electron chi connectivity index (χ4n) is 1.39. The van der Waals surface area contributed by atoms with Crippen molar-refractivity contribution in [3.63, 3.8) is 0 Å².